The molecule has 126 valence electrons. The zero-order valence-electron chi connectivity index (χ0n) is 16.0. The van der Waals surface area contributed by atoms with Crippen molar-refractivity contribution in [2.75, 3.05) is 0 Å². The maximum Gasteiger partial charge on any atom is 0.0896 e. The van der Waals surface area contributed by atoms with Crippen LogP contribution in [0.5, 0.6) is 0 Å². The molecule has 0 saturated heterocycles. The monoisotopic (exact) mass is 327 g/mol. The average Bonchev–Trinajstić information content (AvgIpc) is 2.59. The fourth-order valence-corrected chi connectivity index (χ4v) is 5.10. The van der Waals surface area contributed by atoms with Crippen LogP contribution in [0.2, 0.25) is 0 Å². The van der Waals surface area contributed by atoms with E-state index in [4.69, 9.17) is 4.99 Å². The third kappa shape index (κ3) is 1.50. The summed E-state index contributed by atoms with van der Waals surface area (Å²) in [5.41, 5.74) is 8.21. The van der Waals surface area contributed by atoms with Crippen LogP contribution in [-0.4, -0.2) is 11.3 Å². The first-order valence-corrected chi connectivity index (χ1v) is 9.26. The fraction of sp³-hybridized carbons (Fsp3) is 0.375. The summed E-state index contributed by atoms with van der Waals surface area (Å²) in [5.74, 6) is 0. The molecule has 0 N–H and O–H groups in total. The van der Waals surface area contributed by atoms with Crippen molar-refractivity contribution in [2.24, 2.45) is 4.99 Å². The summed E-state index contributed by atoms with van der Waals surface area (Å²) in [6.45, 7) is 13.9. The Bertz CT molecular complexity index is 1060. The van der Waals surface area contributed by atoms with Crippen LogP contribution in [0.15, 0.2) is 58.6 Å². The summed E-state index contributed by atoms with van der Waals surface area (Å²) in [5, 5.41) is 2.73. The summed E-state index contributed by atoms with van der Waals surface area (Å²) in [7, 11) is 0. The van der Waals surface area contributed by atoms with E-state index in [0.717, 1.165) is 0 Å². The van der Waals surface area contributed by atoms with Crippen molar-refractivity contribution in [2.45, 2.75) is 57.9 Å². The lowest BCUT2D eigenvalue weighted by atomic mass is 9.53. The standard InChI is InChI=1S/C24H25N/c1-14-15(2)22(3,4)18-13-16-9-7-8-10-17(16)20-19(18)21(14)25-24(6)12-11-23(20,24)5/h7-13H,1-6H3. The molecule has 2 aromatic carbocycles. The van der Waals surface area contributed by atoms with Gasteiger partial charge in [0.05, 0.1) is 11.3 Å². The fourth-order valence-electron chi connectivity index (χ4n) is 5.10. The van der Waals surface area contributed by atoms with Gasteiger partial charge in [0.15, 0.2) is 0 Å². The summed E-state index contributed by atoms with van der Waals surface area (Å²) in [6, 6.07) is 11.3. The van der Waals surface area contributed by atoms with Gasteiger partial charge in [0.25, 0.3) is 0 Å². The first-order valence-electron chi connectivity index (χ1n) is 9.26. The molecule has 1 heterocycles. The zero-order valence-corrected chi connectivity index (χ0v) is 16.0. The molecule has 0 radical (unpaired) electrons. The second-order valence-corrected chi connectivity index (χ2v) is 8.91. The molecule has 2 aromatic rings. The Morgan fingerprint density at radius 3 is 2.32 bits per heavy atom. The number of hydrogen-bond acceptors (Lipinski definition) is 1. The van der Waals surface area contributed by atoms with Crippen LogP contribution in [0.1, 0.15) is 58.2 Å². The zero-order chi connectivity index (χ0) is 17.8. The van der Waals surface area contributed by atoms with E-state index in [-0.39, 0.29) is 16.4 Å². The molecule has 0 fully saturated rings. The summed E-state index contributed by atoms with van der Waals surface area (Å²) < 4.78 is 0. The van der Waals surface area contributed by atoms with E-state index >= 15 is 0 Å². The van der Waals surface area contributed by atoms with Gasteiger partial charge in [-0.15, -0.1) is 0 Å². The minimum Gasteiger partial charge on any atom is -0.273 e. The highest BCUT2D eigenvalue weighted by Gasteiger charge is 2.55. The lowest BCUT2D eigenvalue weighted by Crippen LogP contribution is -2.54. The van der Waals surface area contributed by atoms with Crippen molar-refractivity contribution < 1.29 is 0 Å². The quantitative estimate of drug-likeness (QED) is 0.538. The van der Waals surface area contributed by atoms with Crippen molar-refractivity contribution in [3.63, 3.8) is 0 Å². The predicted octanol–water partition coefficient (Wildman–Crippen LogP) is 5.86. The van der Waals surface area contributed by atoms with Crippen LogP contribution in [0.25, 0.3) is 10.8 Å². The topological polar surface area (TPSA) is 12.4 Å². The van der Waals surface area contributed by atoms with Crippen molar-refractivity contribution in [3.8, 4) is 0 Å². The maximum absolute atomic E-state index is 5.30. The van der Waals surface area contributed by atoms with E-state index in [2.05, 4.69) is 84.0 Å². The van der Waals surface area contributed by atoms with Gasteiger partial charge in [-0.1, -0.05) is 55.8 Å². The lowest BCUT2D eigenvalue weighted by Gasteiger charge is -2.54. The summed E-state index contributed by atoms with van der Waals surface area (Å²) in [6.07, 6.45) is 4.65. The molecule has 0 saturated carbocycles. The minimum atomic E-state index is -0.139. The van der Waals surface area contributed by atoms with E-state index in [1.54, 1.807) is 0 Å². The Hall–Kier alpha value is -2.15. The highest BCUT2D eigenvalue weighted by atomic mass is 14.9. The molecular weight excluding hydrogens is 302 g/mol. The molecule has 1 aliphatic heterocycles. The van der Waals surface area contributed by atoms with E-state index in [1.165, 1.54) is 44.3 Å². The normalized spacial score (nSPS) is 31.4. The van der Waals surface area contributed by atoms with Crippen LogP contribution in [0.3, 0.4) is 0 Å². The van der Waals surface area contributed by atoms with Crippen LogP contribution in [0, 0.1) is 0 Å². The predicted molar refractivity (Wildman–Crippen MR) is 107 cm³/mol. The van der Waals surface area contributed by atoms with Crippen molar-refractivity contribution in [1.82, 2.24) is 0 Å². The van der Waals surface area contributed by atoms with Crippen molar-refractivity contribution in [1.29, 1.82) is 0 Å². The Labute approximate surface area is 150 Å². The Morgan fingerprint density at radius 2 is 1.64 bits per heavy atom. The number of allylic oxidation sites excluding steroid dienone is 2. The van der Waals surface area contributed by atoms with Crippen LogP contribution >= 0.6 is 0 Å². The van der Waals surface area contributed by atoms with Gasteiger partial charge >= 0.3 is 0 Å². The molecule has 0 spiro atoms. The van der Waals surface area contributed by atoms with Gasteiger partial charge in [0.2, 0.25) is 0 Å². The molecule has 1 heteroatoms. The minimum absolute atomic E-state index is 0.0248. The number of fused-ring (bicyclic) bond motifs is 4. The molecule has 0 aromatic heterocycles. The van der Waals surface area contributed by atoms with Crippen molar-refractivity contribution in [3.05, 3.63) is 70.3 Å². The number of rotatable bonds is 0. The van der Waals surface area contributed by atoms with Gasteiger partial charge in [-0.2, -0.15) is 0 Å². The molecule has 3 aliphatic rings. The van der Waals surface area contributed by atoms with Gasteiger partial charge in [-0.3, -0.25) is 4.99 Å². The van der Waals surface area contributed by atoms with Gasteiger partial charge < -0.3 is 0 Å². The molecule has 2 aliphatic carbocycles. The lowest BCUT2D eigenvalue weighted by molar-refractivity contribution is 0.339. The number of benzene rings is 2. The number of hydrogen-bond donors (Lipinski definition) is 0. The molecule has 25 heavy (non-hydrogen) atoms. The maximum atomic E-state index is 5.30. The number of aliphatic imine (C=N–C) groups is 1. The molecule has 2 atom stereocenters. The van der Waals surface area contributed by atoms with E-state index in [9.17, 15) is 0 Å². The van der Waals surface area contributed by atoms with E-state index in [0.29, 0.717) is 0 Å². The highest BCUT2D eigenvalue weighted by Crippen LogP contribution is 2.57. The third-order valence-corrected chi connectivity index (χ3v) is 7.47. The SMILES string of the molecule is CC1=C(C)C(C)(C)c2cc3ccccc3c3c2C1=NC1(C)C=CC31C. The average molecular weight is 327 g/mol. The van der Waals surface area contributed by atoms with Crippen molar-refractivity contribution >= 4 is 16.5 Å². The highest BCUT2D eigenvalue weighted by molar-refractivity contribution is 6.20. The summed E-state index contributed by atoms with van der Waals surface area (Å²) in [4.78, 5) is 5.30. The Balaban J connectivity index is 2.06. The van der Waals surface area contributed by atoms with E-state index < -0.39 is 0 Å². The van der Waals surface area contributed by atoms with E-state index in [1.807, 2.05) is 0 Å². The molecular formula is C24H25N. The number of nitrogens with zero attached hydrogens (tertiary/aromatic N) is 1. The first kappa shape index (κ1) is 15.1. The van der Waals surface area contributed by atoms with Crippen LogP contribution in [0.4, 0.5) is 0 Å². The van der Waals surface area contributed by atoms with Gasteiger partial charge in [0.1, 0.15) is 0 Å². The van der Waals surface area contributed by atoms with Crippen LogP contribution < -0.4 is 0 Å². The Kier molecular flexibility index (Phi) is 2.51. The molecule has 0 bridgehead atoms. The smallest absolute Gasteiger partial charge is 0.0896 e. The first-order chi connectivity index (χ1) is 11.7. The molecule has 0 amide bonds. The van der Waals surface area contributed by atoms with Gasteiger partial charge in [0, 0.05) is 16.4 Å². The molecule has 2 unspecified atom stereocenters. The molecule has 1 nitrogen and oxygen atoms in total. The largest absolute Gasteiger partial charge is 0.273 e. The summed E-state index contributed by atoms with van der Waals surface area (Å²) >= 11 is 0. The molecule has 5 rings (SSSR count). The second-order valence-electron chi connectivity index (χ2n) is 8.91. The van der Waals surface area contributed by atoms with Gasteiger partial charge in [-0.05, 0) is 61.2 Å². The van der Waals surface area contributed by atoms with Gasteiger partial charge in [-0.25, -0.2) is 0 Å². The van der Waals surface area contributed by atoms with Crippen LogP contribution in [-0.2, 0) is 10.8 Å². The third-order valence-electron chi connectivity index (χ3n) is 7.47. The Morgan fingerprint density at radius 1 is 0.920 bits per heavy atom. The second kappa shape index (κ2) is 4.15.